The van der Waals surface area contributed by atoms with Gasteiger partial charge < -0.3 is 9.64 Å². The zero-order valence-electron chi connectivity index (χ0n) is 13.1. The summed E-state index contributed by atoms with van der Waals surface area (Å²) in [5.41, 5.74) is 3.58. The minimum atomic E-state index is 0.406. The summed E-state index contributed by atoms with van der Waals surface area (Å²) in [5.74, 6) is 1.85. The molecule has 0 saturated carbocycles. The van der Waals surface area contributed by atoms with Gasteiger partial charge in [0, 0.05) is 12.0 Å². The Balaban J connectivity index is 2.07. The van der Waals surface area contributed by atoms with E-state index in [4.69, 9.17) is 4.74 Å². The number of rotatable bonds is 3. The number of aryl methyl sites for hydroxylation is 1. The summed E-state index contributed by atoms with van der Waals surface area (Å²) in [7, 11) is 4.06. The molecular weight excluding hydrogens is 246 g/mol. The topological polar surface area (TPSA) is 12.5 Å². The van der Waals surface area contributed by atoms with Gasteiger partial charge in [-0.05, 0) is 68.5 Å². The van der Waals surface area contributed by atoms with Gasteiger partial charge in [0.25, 0.3) is 0 Å². The molecule has 2 nitrogen and oxygen atoms in total. The van der Waals surface area contributed by atoms with Gasteiger partial charge in [-0.25, -0.2) is 0 Å². The Morgan fingerprint density at radius 3 is 3.00 bits per heavy atom. The molecule has 1 heterocycles. The van der Waals surface area contributed by atoms with E-state index in [1.54, 1.807) is 18.2 Å². The first-order chi connectivity index (χ1) is 9.69. The van der Waals surface area contributed by atoms with E-state index < -0.39 is 0 Å². The lowest BCUT2D eigenvalue weighted by Gasteiger charge is -2.51. The first-order valence-corrected chi connectivity index (χ1v) is 8.05. The van der Waals surface area contributed by atoms with Gasteiger partial charge in [-0.15, -0.1) is 0 Å². The first-order valence-electron chi connectivity index (χ1n) is 8.05. The fourth-order valence-electron chi connectivity index (χ4n) is 4.56. The summed E-state index contributed by atoms with van der Waals surface area (Å²) in [5, 5.41) is 0. The van der Waals surface area contributed by atoms with E-state index >= 15 is 0 Å². The zero-order valence-corrected chi connectivity index (χ0v) is 13.1. The fraction of sp³-hybridized carbons (Fsp3) is 0.667. The number of piperidine rings is 1. The molecule has 1 saturated heterocycles. The monoisotopic (exact) mass is 273 g/mol. The van der Waals surface area contributed by atoms with Gasteiger partial charge in [0.2, 0.25) is 0 Å². The van der Waals surface area contributed by atoms with Crippen molar-refractivity contribution >= 4 is 0 Å². The van der Waals surface area contributed by atoms with E-state index in [-0.39, 0.29) is 0 Å². The summed E-state index contributed by atoms with van der Waals surface area (Å²) in [4.78, 5) is 2.52. The Morgan fingerprint density at radius 2 is 2.25 bits per heavy atom. The van der Waals surface area contributed by atoms with Crippen LogP contribution in [0.2, 0.25) is 0 Å². The standard InChI is InChI=1S/C18H27NO/c1-4-9-18-10-11-19(2)13-15(18)7-5-14-6-8-16(20-3)12-17(14)18/h6,8,12,15H,4-5,7,9-11,13H2,1-3H3/t15-,18+/m1/s1. The molecule has 1 aromatic carbocycles. The smallest absolute Gasteiger partial charge is 0.119 e. The predicted octanol–water partition coefficient (Wildman–Crippen LogP) is 3.63. The van der Waals surface area contributed by atoms with Gasteiger partial charge in [-0.3, -0.25) is 0 Å². The minimum Gasteiger partial charge on any atom is -0.497 e. The van der Waals surface area contributed by atoms with Gasteiger partial charge in [0.15, 0.2) is 0 Å². The van der Waals surface area contributed by atoms with E-state index in [1.165, 1.54) is 45.2 Å². The number of methoxy groups -OCH3 is 1. The lowest BCUT2D eigenvalue weighted by molar-refractivity contribution is 0.0856. The number of ether oxygens (including phenoxy) is 1. The highest BCUT2D eigenvalue weighted by molar-refractivity contribution is 5.43. The lowest BCUT2D eigenvalue weighted by atomic mass is 9.58. The molecule has 0 aromatic heterocycles. The Morgan fingerprint density at radius 1 is 1.40 bits per heavy atom. The molecule has 1 fully saturated rings. The van der Waals surface area contributed by atoms with Crippen molar-refractivity contribution in [2.45, 2.75) is 44.4 Å². The van der Waals surface area contributed by atoms with Crippen LogP contribution in [0.25, 0.3) is 0 Å². The maximum atomic E-state index is 5.49. The van der Waals surface area contributed by atoms with Crippen molar-refractivity contribution in [1.29, 1.82) is 0 Å². The summed E-state index contributed by atoms with van der Waals surface area (Å²) in [6, 6.07) is 6.77. The molecular formula is C18H27NO. The lowest BCUT2D eigenvalue weighted by Crippen LogP contribution is -2.51. The molecule has 2 aliphatic rings. The number of nitrogens with zero attached hydrogens (tertiary/aromatic N) is 1. The average Bonchev–Trinajstić information content (AvgIpc) is 2.47. The van der Waals surface area contributed by atoms with Crippen LogP contribution in [0.3, 0.4) is 0 Å². The third-order valence-electron chi connectivity index (χ3n) is 5.56. The number of likely N-dealkylation sites (tertiary alicyclic amines) is 1. The molecule has 110 valence electrons. The summed E-state index contributed by atoms with van der Waals surface area (Å²) in [6.07, 6.45) is 6.50. The maximum Gasteiger partial charge on any atom is 0.119 e. The van der Waals surface area contributed by atoms with Gasteiger partial charge >= 0.3 is 0 Å². The van der Waals surface area contributed by atoms with Crippen molar-refractivity contribution < 1.29 is 4.74 Å². The zero-order chi connectivity index (χ0) is 14.2. The van der Waals surface area contributed by atoms with Crippen LogP contribution in [0.5, 0.6) is 5.75 Å². The average molecular weight is 273 g/mol. The molecule has 1 aromatic rings. The third kappa shape index (κ3) is 2.14. The third-order valence-corrected chi connectivity index (χ3v) is 5.56. The molecule has 0 spiro atoms. The van der Waals surface area contributed by atoms with E-state index in [1.807, 2.05) is 0 Å². The minimum absolute atomic E-state index is 0.406. The normalized spacial score (nSPS) is 29.6. The Labute approximate surface area is 123 Å². The second-order valence-electron chi connectivity index (χ2n) is 6.68. The second kappa shape index (κ2) is 5.40. The summed E-state index contributed by atoms with van der Waals surface area (Å²) in [6.45, 7) is 4.82. The van der Waals surface area contributed by atoms with Crippen LogP contribution in [-0.4, -0.2) is 32.1 Å². The summed E-state index contributed by atoms with van der Waals surface area (Å²) < 4.78 is 5.49. The molecule has 0 radical (unpaired) electrons. The highest BCUT2D eigenvalue weighted by Gasteiger charge is 2.45. The molecule has 20 heavy (non-hydrogen) atoms. The number of hydrogen-bond donors (Lipinski definition) is 0. The molecule has 3 rings (SSSR count). The van der Waals surface area contributed by atoms with Crippen LogP contribution in [0.1, 0.15) is 43.7 Å². The first kappa shape index (κ1) is 13.9. The van der Waals surface area contributed by atoms with E-state index in [2.05, 4.69) is 37.1 Å². The molecule has 1 aliphatic heterocycles. The van der Waals surface area contributed by atoms with Crippen LogP contribution in [0.15, 0.2) is 18.2 Å². The molecule has 2 atom stereocenters. The van der Waals surface area contributed by atoms with Gasteiger partial charge in [-0.2, -0.15) is 0 Å². The van der Waals surface area contributed by atoms with Crippen LogP contribution in [0.4, 0.5) is 0 Å². The molecule has 1 aliphatic carbocycles. The highest BCUT2D eigenvalue weighted by atomic mass is 16.5. The fourth-order valence-corrected chi connectivity index (χ4v) is 4.56. The SMILES string of the molecule is CCC[C@]12CCN(C)C[C@H]1CCc1ccc(OC)cc12. The molecule has 0 amide bonds. The van der Waals surface area contributed by atoms with Crippen LogP contribution < -0.4 is 4.74 Å². The highest BCUT2D eigenvalue weighted by Crippen LogP contribution is 2.50. The van der Waals surface area contributed by atoms with Crippen molar-refractivity contribution in [3.8, 4) is 5.75 Å². The van der Waals surface area contributed by atoms with Crippen molar-refractivity contribution in [2.24, 2.45) is 5.92 Å². The van der Waals surface area contributed by atoms with E-state index in [9.17, 15) is 0 Å². The van der Waals surface area contributed by atoms with Gasteiger partial charge in [-0.1, -0.05) is 19.4 Å². The molecule has 0 bridgehead atoms. The summed E-state index contributed by atoms with van der Waals surface area (Å²) >= 11 is 0. The Kier molecular flexibility index (Phi) is 3.76. The predicted molar refractivity (Wildman–Crippen MR) is 83.5 cm³/mol. The Bertz CT molecular complexity index is 484. The number of fused-ring (bicyclic) bond motifs is 3. The van der Waals surface area contributed by atoms with E-state index in [0.717, 1.165) is 11.7 Å². The quantitative estimate of drug-likeness (QED) is 0.834. The Hall–Kier alpha value is -1.02. The van der Waals surface area contributed by atoms with Crippen LogP contribution in [0, 0.1) is 5.92 Å². The second-order valence-corrected chi connectivity index (χ2v) is 6.68. The largest absolute Gasteiger partial charge is 0.497 e. The van der Waals surface area contributed by atoms with Gasteiger partial charge in [0.05, 0.1) is 7.11 Å². The van der Waals surface area contributed by atoms with Crippen molar-refractivity contribution in [3.63, 3.8) is 0 Å². The number of hydrogen-bond acceptors (Lipinski definition) is 2. The van der Waals surface area contributed by atoms with E-state index in [0.29, 0.717) is 5.41 Å². The molecule has 2 heteroatoms. The van der Waals surface area contributed by atoms with Crippen LogP contribution in [-0.2, 0) is 11.8 Å². The molecule has 0 unspecified atom stereocenters. The number of benzene rings is 1. The van der Waals surface area contributed by atoms with Gasteiger partial charge in [0.1, 0.15) is 5.75 Å². The van der Waals surface area contributed by atoms with Crippen LogP contribution >= 0.6 is 0 Å². The van der Waals surface area contributed by atoms with Crippen molar-refractivity contribution in [1.82, 2.24) is 4.90 Å². The maximum absolute atomic E-state index is 5.49. The van der Waals surface area contributed by atoms with Crippen molar-refractivity contribution in [3.05, 3.63) is 29.3 Å². The van der Waals surface area contributed by atoms with Crippen molar-refractivity contribution in [2.75, 3.05) is 27.2 Å². The molecule has 0 N–H and O–H groups in total.